The molecule has 0 saturated carbocycles. The second-order valence-corrected chi connectivity index (χ2v) is 16.8. The van der Waals surface area contributed by atoms with Gasteiger partial charge in [-0.1, -0.05) is 79.8 Å². The number of phenols is 2. The van der Waals surface area contributed by atoms with E-state index in [0.717, 1.165) is 84.1 Å². The van der Waals surface area contributed by atoms with Gasteiger partial charge in [-0.25, -0.2) is 0 Å². The van der Waals surface area contributed by atoms with Gasteiger partial charge < -0.3 is 30.8 Å². The van der Waals surface area contributed by atoms with Crippen LogP contribution in [0.15, 0.2) is 97.2 Å². The van der Waals surface area contributed by atoms with Gasteiger partial charge in [-0.3, -0.25) is 14.9 Å². The zero-order valence-corrected chi connectivity index (χ0v) is 35.7. The average molecular weight is 834 g/mol. The summed E-state index contributed by atoms with van der Waals surface area (Å²) >= 11 is 0. The second-order valence-electron chi connectivity index (χ2n) is 16.8. The first-order chi connectivity index (χ1) is 30.2. The van der Waals surface area contributed by atoms with Crippen molar-refractivity contribution in [3.63, 3.8) is 0 Å². The summed E-state index contributed by atoms with van der Waals surface area (Å²) in [6.07, 6.45) is 13.7. The Morgan fingerprint density at radius 1 is 0.919 bits per heavy atom. The number of fused-ring (bicyclic) bond motifs is 3. The molecule has 5 aromatic rings. The summed E-state index contributed by atoms with van der Waals surface area (Å²) in [6, 6.07) is 25.0. The molecule has 0 spiro atoms. The van der Waals surface area contributed by atoms with Crippen molar-refractivity contribution >= 4 is 11.6 Å². The zero-order valence-electron chi connectivity index (χ0n) is 35.7. The molecular formula is C53H59N3O6. The van der Waals surface area contributed by atoms with Gasteiger partial charge in [0.05, 0.1) is 19.2 Å². The van der Waals surface area contributed by atoms with E-state index in [4.69, 9.17) is 10.5 Å². The number of phenolic OH excluding ortho intramolecular Hbond substituents is 2. The van der Waals surface area contributed by atoms with Gasteiger partial charge in [-0.2, -0.15) is 0 Å². The maximum Gasteiger partial charge on any atom is 0.165 e. The van der Waals surface area contributed by atoms with Crippen molar-refractivity contribution in [3.8, 4) is 29.1 Å². The molecule has 0 saturated heterocycles. The summed E-state index contributed by atoms with van der Waals surface area (Å²) in [4.78, 5) is 29.8. The molecule has 9 heteroatoms. The molecule has 4 aromatic carbocycles. The Morgan fingerprint density at radius 2 is 1.71 bits per heavy atom. The number of aryl methyl sites for hydroxylation is 2. The quantitative estimate of drug-likeness (QED) is 0.0292. The molecule has 0 amide bonds. The summed E-state index contributed by atoms with van der Waals surface area (Å²) in [5.41, 5.74) is 16.6. The molecule has 7 N–H and O–H groups in total. The van der Waals surface area contributed by atoms with Crippen molar-refractivity contribution in [2.45, 2.75) is 96.1 Å². The molecule has 3 atom stereocenters. The molecule has 7 rings (SSSR count). The SMILES string of the molecule is CC(CCCC=CC(=O)CCc1ccc(O)c(OCCc2ccc(O)c(C3CC(=O)c4cc[nH]c4CC#Cc4cc5c(cc43)CCNC5N)c2)c1)CCc1ccccc1CCO. The Hall–Kier alpha value is -5.92. The highest BCUT2D eigenvalue weighted by Gasteiger charge is 2.29. The smallest absolute Gasteiger partial charge is 0.165 e. The minimum absolute atomic E-state index is 0.0232. The van der Waals surface area contributed by atoms with Crippen molar-refractivity contribution in [2.24, 2.45) is 11.7 Å². The normalized spacial score (nSPS) is 16.5. The second kappa shape index (κ2) is 21.2. The van der Waals surface area contributed by atoms with Crippen molar-refractivity contribution in [2.75, 3.05) is 19.8 Å². The highest BCUT2D eigenvalue weighted by molar-refractivity contribution is 5.98. The van der Waals surface area contributed by atoms with Crippen LogP contribution in [-0.2, 0) is 43.3 Å². The fraction of sp³-hybridized carbons (Fsp3) is 0.358. The number of carbonyl (C=O) groups is 2. The van der Waals surface area contributed by atoms with Gasteiger partial charge in [0.1, 0.15) is 5.75 Å². The maximum absolute atomic E-state index is 13.9. The number of Topliss-reactive ketones (excluding diaryl/α,β-unsaturated/α-hetero) is 1. The van der Waals surface area contributed by atoms with Crippen LogP contribution in [0, 0.1) is 17.8 Å². The average Bonchev–Trinajstić information content (AvgIpc) is 3.75. The first kappa shape index (κ1) is 44.1. The highest BCUT2D eigenvalue weighted by Crippen LogP contribution is 2.40. The molecule has 1 aliphatic carbocycles. The lowest BCUT2D eigenvalue weighted by Crippen LogP contribution is -2.35. The number of ketones is 2. The lowest BCUT2D eigenvalue weighted by Gasteiger charge is -2.28. The number of allylic oxidation sites excluding steroid dienone is 2. The number of rotatable bonds is 18. The van der Waals surface area contributed by atoms with Crippen molar-refractivity contribution < 1.29 is 29.6 Å². The monoisotopic (exact) mass is 833 g/mol. The summed E-state index contributed by atoms with van der Waals surface area (Å²) < 4.78 is 6.10. The number of benzene rings is 4. The van der Waals surface area contributed by atoms with E-state index in [9.17, 15) is 24.9 Å². The molecule has 2 heterocycles. The van der Waals surface area contributed by atoms with Gasteiger partial charge in [0, 0.05) is 66.9 Å². The zero-order chi connectivity index (χ0) is 43.4. The standard InChI is InChI=1S/C53H59N3O6/c1-35(14-18-38-9-5-6-10-39(38)24-28-57)8-3-2-4-12-42(58)19-15-36-17-21-50(60)52(31-36)62-29-25-37-16-20-49(59)47(30-37)46-34-51(61)43-23-27-55-48(43)13-7-11-40-33-45-41(32-44(40)46)22-26-56-53(45)54/h4-6,9-10,12,16-17,20-21,23,27,30-33,35,46,53,55-57,59-60H,2-3,8,13-15,18-19,22,24-26,28-29,34,54H2,1H3. The lowest BCUT2D eigenvalue weighted by molar-refractivity contribution is -0.114. The van der Waals surface area contributed by atoms with Crippen LogP contribution in [0.3, 0.4) is 0 Å². The number of aliphatic hydroxyl groups excluding tert-OH is 1. The van der Waals surface area contributed by atoms with E-state index >= 15 is 0 Å². The van der Waals surface area contributed by atoms with Crippen LogP contribution in [0.25, 0.3) is 0 Å². The first-order valence-electron chi connectivity index (χ1n) is 22.1. The Balaban J connectivity index is 0.940. The summed E-state index contributed by atoms with van der Waals surface area (Å²) in [6.45, 7) is 3.45. The van der Waals surface area contributed by atoms with Crippen LogP contribution in [0.5, 0.6) is 17.2 Å². The number of nitrogens with one attached hydrogen (secondary N) is 2. The molecule has 62 heavy (non-hydrogen) atoms. The third kappa shape index (κ3) is 11.3. The number of aliphatic hydroxyl groups is 1. The predicted molar refractivity (Wildman–Crippen MR) is 244 cm³/mol. The van der Waals surface area contributed by atoms with E-state index < -0.39 is 5.92 Å². The van der Waals surface area contributed by atoms with E-state index in [1.807, 2.05) is 36.4 Å². The summed E-state index contributed by atoms with van der Waals surface area (Å²) in [5, 5.41) is 34.7. The van der Waals surface area contributed by atoms with Gasteiger partial charge in [-0.15, -0.1) is 0 Å². The summed E-state index contributed by atoms with van der Waals surface area (Å²) in [5.74, 6) is 7.27. The molecule has 0 radical (unpaired) electrons. The molecule has 0 fully saturated rings. The molecule has 1 aliphatic heterocycles. The van der Waals surface area contributed by atoms with Gasteiger partial charge in [0.25, 0.3) is 0 Å². The molecule has 322 valence electrons. The number of aromatic amines is 1. The van der Waals surface area contributed by atoms with Crippen molar-refractivity contribution in [3.05, 3.63) is 159 Å². The van der Waals surface area contributed by atoms with Crippen LogP contribution >= 0.6 is 0 Å². The van der Waals surface area contributed by atoms with Gasteiger partial charge >= 0.3 is 0 Å². The first-order valence-corrected chi connectivity index (χ1v) is 22.1. The highest BCUT2D eigenvalue weighted by atomic mass is 16.5. The molecule has 1 aromatic heterocycles. The number of aromatic hydroxyl groups is 2. The minimum Gasteiger partial charge on any atom is -0.508 e. The number of hydrogen-bond donors (Lipinski definition) is 6. The maximum atomic E-state index is 13.9. The molecule has 3 unspecified atom stereocenters. The molecule has 2 aliphatic rings. The fourth-order valence-electron chi connectivity index (χ4n) is 8.79. The van der Waals surface area contributed by atoms with Crippen molar-refractivity contribution in [1.29, 1.82) is 0 Å². The van der Waals surface area contributed by atoms with E-state index in [1.54, 1.807) is 36.5 Å². The van der Waals surface area contributed by atoms with Crippen LogP contribution in [0.1, 0.15) is 124 Å². The number of nitrogens with two attached hydrogens (primary N) is 1. The molecule has 0 bridgehead atoms. The largest absolute Gasteiger partial charge is 0.508 e. The molecule has 9 nitrogen and oxygen atoms in total. The van der Waals surface area contributed by atoms with Crippen LogP contribution in [0.2, 0.25) is 0 Å². The fourth-order valence-corrected chi connectivity index (χ4v) is 8.79. The third-order valence-electron chi connectivity index (χ3n) is 12.4. The third-order valence-corrected chi connectivity index (χ3v) is 12.4. The number of H-pyrrole nitrogens is 1. The number of aromatic nitrogens is 1. The van der Waals surface area contributed by atoms with Crippen molar-refractivity contribution in [1.82, 2.24) is 10.3 Å². The number of carbonyl (C=O) groups excluding carboxylic acids is 2. The Morgan fingerprint density at radius 3 is 2.53 bits per heavy atom. The molecular weight excluding hydrogens is 775 g/mol. The minimum atomic E-state index is -0.463. The predicted octanol–water partition coefficient (Wildman–Crippen LogP) is 8.49. The lowest BCUT2D eigenvalue weighted by atomic mass is 9.79. The van der Waals surface area contributed by atoms with Crippen LogP contribution < -0.4 is 15.8 Å². The van der Waals surface area contributed by atoms with E-state index in [0.29, 0.717) is 54.9 Å². The topological polar surface area (TPSA) is 158 Å². The van der Waals surface area contributed by atoms with E-state index in [-0.39, 0.29) is 48.9 Å². The van der Waals surface area contributed by atoms with Gasteiger partial charge in [-0.05, 0) is 126 Å². The van der Waals surface area contributed by atoms with E-state index in [1.165, 1.54) is 11.1 Å². The van der Waals surface area contributed by atoms with Crippen LogP contribution in [-0.4, -0.2) is 51.6 Å². The Kier molecular flexibility index (Phi) is 15.1. The van der Waals surface area contributed by atoms with E-state index in [2.05, 4.69) is 53.3 Å². The number of ether oxygens (including phenoxy) is 1. The van der Waals surface area contributed by atoms with Gasteiger partial charge in [0.15, 0.2) is 23.1 Å². The Bertz CT molecular complexity index is 2450. The number of unbranched alkanes of at least 4 members (excludes halogenated alkanes) is 1. The summed E-state index contributed by atoms with van der Waals surface area (Å²) in [7, 11) is 0. The van der Waals surface area contributed by atoms with Gasteiger partial charge in [0.2, 0.25) is 0 Å². The number of hydrogen-bond acceptors (Lipinski definition) is 8. The Labute approximate surface area is 365 Å². The van der Waals surface area contributed by atoms with Crippen LogP contribution in [0.4, 0.5) is 0 Å².